The zero-order chi connectivity index (χ0) is 6.36. The lowest BCUT2D eigenvalue weighted by Crippen LogP contribution is -2.05. The molecule has 1 amide bonds. The minimum atomic E-state index is -0.394. The molecule has 0 spiro atoms. The Morgan fingerprint density at radius 2 is 2.12 bits per heavy atom. The van der Waals surface area contributed by atoms with Crippen LogP contribution in [0.15, 0.2) is 0 Å². The number of hydrogen-bond donors (Lipinski definition) is 0. The molecule has 1 radical (unpaired) electrons. The molecule has 0 bridgehead atoms. The van der Waals surface area contributed by atoms with Crippen LogP contribution >= 0.6 is 0 Å². The van der Waals surface area contributed by atoms with Gasteiger partial charge in [-0.05, 0) is 11.8 Å². The van der Waals surface area contributed by atoms with Crippen molar-refractivity contribution in [3.63, 3.8) is 0 Å². The van der Waals surface area contributed by atoms with Crippen LogP contribution in [0.3, 0.4) is 0 Å². The molecule has 0 aromatic heterocycles. The predicted octanol–water partition coefficient (Wildman–Crippen LogP) is 0.842. The van der Waals surface area contributed by atoms with Gasteiger partial charge in [0, 0.05) is 5.92 Å². The van der Waals surface area contributed by atoms with Gasteiger partial charge in [0.15, 0.2) is 0 Å². The average Bonchev–Trinajstić information content (AvgIpc) is 2.13. The molecule has 1 saturated carbocycles. The quantitative estimate of drug-likeness (QED) is 0.495. The highest BCUT2D eigenvalue weighted by Crippen LogP contribution is 2.51. The summed E-state index contributed by atoms with van der Waals surface area (Å²) >= 11 is 0. The average molecular weight is 112 g/mol. The van der Waals surface area contributed by atoms with E-state index in [0.717, 1.165) is 6.42 Å². The second-order valence-corrected chi connectivity index (χ2v) is 3.11. The fourth-order valence-electron chi connectivity index (χ4n) is 0.915. The van der Waals surface area contributed by atoms with E-state index < -0.39 is 5.91 Å². The van der Waals surface area contributed by atoms with Crippen LogP contribution in [-0.2, 0) is 4.79 Å². The van der Waals surface area contributed by atoms with Gasteiger partial charge < -0.3 is 0 Å². The van der Waals surface area contributed by atoms with Crippen LogP contribution in [-0.4, -0.2) is 5.91 Å². The maximum atomic E-state index is 10.3. The minimum Gasteiger partial charge on any atom is -0.273 e. The summed E-state index contributed by atoms with van der Waals surface area (Å²) in [6.07, 6.45) is 0.912. The number of amides is 1. The molecule has 1 aliphatic rings. The Morgan fingerprint density at radius 3 is 2.12 bits per heavy atom. The van der Waals surface area contributed by atoms with Gasteiger partial charge in [-0.2, -0.15) is 0 Å². The summed E-state index contributed by atoms with van der Waals surface area (Å²) in [5, 5.41) is 0. The molecule has 2 heteroatoms. The molecule has 1 atom stereocenters. The van der Waals surface area contributed by atoms with Crippen molar-refractivity contribution < 1.29 is 4.79 Å². The highest BCUT2D eigenvalue weighted by atomic mass is 16.1. The first-order chi connectivity index (χ1) is 3.54. The molecule has 1 fully saturated rings. The second-order valence-electron chi connectivity index (χ2n) is 3.11. The fourth-order valence-corrected chi connectivity index (χ4v) is 0.915. The lowest BCUT2D eigenvalue weighted by molar-refractivity contribution is -0.120. The van der Waals surface area contributed by atoms with Crippen molar-refractivity contribution in [2.75, 3.05) is 0 Å². The number of rotatable bonds is 1. The SMILES string of the molecule is CC1(C)C[C@@H]1C([NH])=O. The summed E-state index contributed by atoms with van der Waals surface area (Å²) < 4.78 is 0. The molecule has 1 aliphatic carbocycles. The van der Waals surface area contributed by atoms with Crippen LogP contribution in [0.25, 0.3) is 0 Å². The molecule has 1 N–H and O–H groups in total. The topological polar surface area (TPSA) is 40.9 Å². The van der Waals surface area contributed by atoms with Crippen LogP contribution in [0.5, 0.6) is 0 Å². The van der Waals surface area contributed by atoms with E-state index in [9.17, 15) is 4.79 Å². The fraction of sp³-hybridized carbons (Fsp3) is 0.833. The Hall–Kier alpha value is -0.530. The van der Waals surface area contributed by atoms with Gasteiger partial charge in [0.1, 0.15) is 0 Å². The van der Waals surface area contributed by atoms with E-state index in [0.29, 0.717) is 0 Å². The summed E-state index contributed by atoms with van der Waals surface area (Å²) in [5.41, 5.74) is 6.86. The van der Waals surface area contributed by atoms with Crippen LogP contribution in [0.4, 0.5) is 0 Å². The van der Waals surface area contributed by atoms with Crippen molar-refractivity contribution in [1.29, 1.82) is 0 Å². The molecular formula is C6H10NO. The van der Waals surface area contributed by atoms with Crippen LogP contribution < -0.4 is 5.73 Å². The van der Waals surface area contributed by atoms with Gasteiger partial charge in [0.2, 0.25) is 5.91 Å². The molecular weight excluding hydrogens is 102 g/mol. The van der Waals surface area contributed by atoms with E-state index in [-0.39, 0.29) is 11.3 Å². The molecule has 1 rings (SSSR count). The van der Waals surface area contributed by atoms with E-state index in [2.05, 4.69) is 0 Å². The Labute approximate surface area is 49.1 Å². The maximum Gasteiger partial charge on any atom is 0.242 e. The first-order valence-corrected chi connectivity index (χ1v) is 2.79. The summed E-state index contributed by atoms with van der Waals surface area (Å²) in [7, 11) is 0. The normalized spacial score (nSPS) is 32.0. The maximum absolute atomic E-state index is 10.3. The largest absolute Gasteiger partial charge is 0.273 e. The Balaban J connectivity index is 2.48. The number of hydrogen-bond acceptors (Lipinski definition) is 1. The molecule has 0 unspecified atom stereocenters. The summed E-state index contributed by atoms with van der Waals surface area (Å²) in [6, 6.07) is 0. The van der Waals surface area contributed by atoms with E-state index in [1.165, 1.54) is 0 Å². The molecule has 8 heavy (non-hydrogen) atoms. The standard InChI is InChI=1S/C6H10NO/c1-6(2)3-4(6)5(7)8/h4,7H,3H2,1-2H3/t4-/m1/s1. The third-order valence-corrected chi connectivity index (χ3v) is 1.83. The van der Waals surface area contributed by atoms with Gasteiger partial charge in [0.25, 0.3) is 0 Å². The van der Waals surface area contributed by atoms with E-state index >= 15 is 0 Å². The van der Waals surface area contributed by atoms with Crippen LogP contribution in [0.1, 0.15) is 20.3 Å². The molecule has 0 aliphatic heterocycles. The summed E-state index contributed by atoms with van der Waals surface area (Å²) in [5.74, 6) is -0.350. The zero-order valence-electron chi connectivity index (χ0n) is 5.19. The van der Waals surface area contributed by atoms with E-state index in [1.807, 2.05) is 13.8 Å². The zero-order valence-corrected chi connectivity index (χ0v) is 5.19. The van der Waals surface area contributed by atoms with Gasteiger partial charge in [-0.3, -0.25) is 10.5 Å². The third-order valence-electron chi connectivity index (χ3n) is 1.83. The van der Waals surface area contributed by atoms with Gasteiger partial charge in [0.05, 0.1) is 0 Å². The summed E-state index contributed by atoms with van der Waals surface area (Å²) in [6.45, 7) is 4.04. The van der Waals surface area contributed by atoms with Gasteiger partial charge in [-0.1, -0.05) is 13.8 Å². The van der Waals surface area contributed by atoms with Crippen molar-refractivity contribution in [1.82, 2.24) is 5.73 Å². The van der Waals surface area contributed by atoms with Crippen molar-refractivity contribution in [3.8, 4) is 0 Å². The van der Waals surface area contributed by atoms with Gasteiger partial charge in [-0.25, -0.2) is 0 Å². The number of carbonyl (C=O) groups excluding carboxylic acids is 1. The van der Waals surface area contributed by atoms with Crippen molar-refractivity contribution in [3.05, 3.63) is 0 Å². The van der Waals surface area contributed by atoms with E-state index in [1.54, 1.807) is 0 Å². The third kappa shape index (κ3) is 0.703. The Morgan fingerprint density at radius 1 is 1.75 bits per heavy atom. The first-order valence-electron chi connectivity index (χ1n) is 2.79. The highest BCUT2D eigenvalue weighted by molar-refractivity contribution is 5.79. The van der Waals surface area contributed by atoms with Crippen LogP contribution in [0.2, 0.25) is 0 Å². The number of nitrogens with one attached hydrogen (secondary N) is 1. The lowest BCUT2D eigenvalue weighted by Gasteiger charge is -1.94. The smallest absolute Gasteiger partial charge is 0.242 e. The minimum absolute atomic E-state index is 0.0440. The monoisotopic (exact) mass is 112 g/mol. The van der Waals surface area contributed by atoms with E-state index in [4.69, 9.17) is 5.73 Å². The van der Waals surface area contributed by atoms with Crippen molar-refractivity contribution >= 4 is 5.91 Å². The summed E-state index contributed by atoms with van der Waals surface area (Å²) in [4.78, 5) is 10.3. The highest BCUT2D eigenvalue weighted by Gasteiger charge is 2.49. The number of carbonyl (C=O) groups is 1. The second kappa shape index (κ2) is 1.24. The van der Waals surface area contributed by atoms with Gasteiger partial charge in [-0.15, -0.1) is 0 Å². The van der Waals surface area contributed by atoms with Crippen molar-refractivity contribution in [2.24, 2.45) is 11.3 Å². The molecule has 0 aromatic rings. The Kier molecular flexibility index (Phi) is 0.872. The molecule has 0 heterocycles. The van der Waals surface area contributed by atoms with Gasteiger partial charge >= 0.3 is 0 Å². The van der Waals surface area contributed by atoms with Crippen molar-refractivity contribution in [2.45, 2.75) is 20.3 Å². The molecule has 0 aromatic carbocycles. The Bertz CT molecular complexity index is 128. The molecule has 2 nitrogen and oxygen atoms in total. The first kappa shape index (κ1) is 5.60. The molecule has 0 saturated heterocycles. The predicted molar refractivity (Wildman–Crippen MR) is 30.0 cm³/mol. The van der Waals surface area contributed by atoms with Crippen LogP contribution in [0, 0.1) is 11.3 Å². The molecule has 45 valence electrons. The lowest BCUT2D eigenvalue weighted by atomic mass is 10.1.